The minimum atomic E-state index is -0.864. The predicted molar refractivity (Wildman–Crippen MR) is 148 cm³/mol. The van der Waals surface area contributed by atoms with Crippen LogP contribution in [0.5, 0.6) is 5.75 Å². The molecule has 1 aliphatic rings. The van der Waals surface area contributed by atoms with Crippen LogP contribution >= 0.6 is 38.9 Å². The molecule has 196 valence electrons. The first kappa shape index (κ1) is 27.5. The molecule has 38 heavy (non-hydrogen) atoms. The van der Waals surface area contributed by atoms with E-state index in [1.165, 1.54) is 22.8 Å². The smallest absolute Gasteiger partial charge is 0.338 e. The van der Waals surface area contributed by atoms with Crippen molar-refractivity contribution in [3.63, 3.8) is 0 Å². The van der Waals surface area contributed by atoms with E-state index in [1.54, 1.807) is 44.2 Å². The summed E-state index contributed by atoms with van der Waals surface area (Å²) in [5.41, 5.74) is 0.856. The van der Waals surface area contributed by atoms with Gasteiger partial charge in [-0.25, -0.2) is 9.79 Å². The third kappa shape index (κ3) is 5.22. The van der Waals surface area contributed by atoms with Crippen LogP contribution in [0, 0.1) is 10.1 Å². The Labute approximate surface area is 234 Å². The normalized spacial score (nSPS) is 15.1. The second-order valence-corrected chi connectivity index (χ2v) is 10.3. The molecule has 1 aliphatic heterocycles. The van der Waals surface area contributed by atoms with Crippen LogP contribution in [0.15, 0.2) is 74.6 Å². The summed E-state index contributed by atoms with van der Waals surface area (Å²) in [6.45, 7) is 7.16. The van der Waals surface area contributed by atoms with Gasteiger partial charge < -0.3 is 9.47 Å². The highest BCUT2D eigenvalue weighted by molar-refractivity contribution is 9.10. The van der Waals surface area contributed by atoms with Gasteiger partial charge in [0.1, 0.15) is 12.6 Å². The minimum Gasteiger partial charge on any atom is -0.482 e. The molecule has 0 aliphatic carbocycles. The van der Waals surface area contributed by atoms with E-state index in [9.17, 15) is 19.7 Å². The molecule has 0 unspecified atom stereocenters. The number of thiazole rings is 1. The summed E-state index contributed by atoms with van der Waals surface area (Å²) in [6, 6.07) is 9.01. The van der Waals surface area contributed by atoms with Crippen molar-refractivity contribution in [2.75, 3.05) is 13.2 Å². The summed E-state index contributed by atoms with van der Waals surface area (Å²) < 4.78 is 12.8. The zero-order chi connectivity index (χ0) is 27.6. The summed E-state index contributed by atoms with van der Waals surface area (Å²) in [7, 11) is 0. The number of aromatic nitrogens is 1. The summed E-state index contributed by atoms with van der Waals surface area (Å²) in [4.78, 5) is 42.7. The summed E-state index contributed by atoms with van der Waals surface area (Å²) in [5.74, 6) is -0.537. The molecule has 3 aromatic rings. The maximum Gasteiger partial charge on any atom is 0.338 e. The average Bonchev–Trinajstić information content (AvgIpc) is 3.17. The van der Waals surface area contributed by atoms with Crippen molar-refractivity contribution in [1.29, 1.82) is 0 Å². The number of ether oxygens (including phenoxy) is 2. The lowest BCUT2D eigenvalue weighted by Crippen LogP contribution is -2.40. The summed E-state index contributed by atoms with van der Waals surface area (Å²) in [6.07, 6.45) is 3.01. The molecule has 0 fully saturated rings. The van der Waals surface area contributed by atoms with E-state index in [2.05, 4.69) is 27.5 Å². The van der Waals surface area contributed by atoms with Gasteiger partial charge >= 0.3 is 11.7 Å². The van der Waals surface area contributed by atoms with Crippen LogP contribution in [-0.4, -0.2) is 28.7 Å². The number of hydrogen-bond donors (Lipinski definition) is 0. The van der Waals surface area contributed by atoms with Crippen LogP contribution in [0.2, 0.25) is 5.02 Å². The molecule has 4 rings (SSSR count). The molecule has 12 heteroatoms. The molecule has 0 radical (unpaired) electrons. The highest BCUT2D eigenvalue weighted by Crippen LogP contribution is 2.37. The van der Waals surface area contributed by atoms with Crippen LogP contribution in [0.3, 0.4) is 0 Å². The van der Waals surface area contributed by atoms with Crippen LogP contribution in [0.4, 0.5) is 5.69 Å². The molecule has 0 N–H and O–H groups in total. The molecule has 9 nitrogen and oxygen atoms in total. The van der Waals surface area contributed by atoms with Crippen molar-refractivity contribution < 1.29 is 19.2 Å². The van der Waals surface area contributed by atoms with E-state index >= 15 is 0 Å². The van der Waals surface area contributed by atoms with Crippen molar-refractivity contribution in [3.05, 3.63) is 111 Å². The molecule has 1 aromatic heterocycles. The standard InChI is InChI=1S/C26H21BrClN3O6S/c1-4-10-37-23-17(27)11-15(12-19(23)31(34)35)13-20-24(32)30-22(16-8-6-7-9-18(16)28)21(25(33)36-5-2)14(3)29-26(30)38-20/h4,6-9,11-13,22H,1,5,10H2,2-3H3/b20-13-/t22-/m0/s1. The lowest BCUT2D eigenvalue weighted by Gasteiger charge is -2.25. The summed E-state index contributed by atoms with van der Waals surface area (Å²) in [5, 5.41) is 12.1. The Morgan fingerprint density at radius 3 is 2.76 bits per heavy atom. The zero-order valence-electron chi connectivity index (χ0n) is 20.3. The molecule has 0 spiro atoms. The molecule has 0 amide bonds. The van der Waals surface area contributed by atoms with Crippen molar-refractivity contribution >= 4 is 56.6 Å². The third-order valence-electron chi connectivity index (χ3n) is 5.60. The van der Waals surface area contributed by atoms with E-state index in [1.807, 2.05) is 0 Å². The number of hydrogen-bond acceptors (Lipinski definition) is 8. The number of fused-ring (bicyclic) bond motifs is 1. The Balaban J connectivity index is 1.94. The second kappa shape index (κ2) is 11.5. The van der Waals surface area contributed by atoms with E-state index in [-0.39, 0.29) is 34.8 Å². The molecule has 0 saturated carbocycles. The Hall–Kier alpha value is -3.54. The fourth-order valence-electron chi connectivity index (χ4n) is 4.04. The van der Waals surface area contributed by atoms with Gasteiger partial charge in [-0.2, -0.15) is 0 Å². The number of allylic oxidation sites excluding steroid dienone is 1. The average molecular weight is 619 g/mol. The minimum absolute atomic E-state index is 0.0573. The van der Waals surface area contributed by atoms with Crippen LogP contribution in [0.1, 0.15) is 31.0 Å². The number of esters is 1. The molecule has 0 saturated heterocycles. The van der Waals surface area contributed by atoms with Gasteiger partial charge in [0.15, 0.2) is 4.80 Å². The van der Waals surface area contributed by atoms with E-state index in [0.717, 1.165) is 11.3 Å². The van der Waals surface area contributed by atoms with Gasteiger partial charge in [0.05, 0.1) is 31.8 Å². The number of benzene rings is 2. The predicted octanol–water partition coefficient (Wildman–Crippen LogP) is 4.69. The van der Waals surface area contributed by atoms with Gasteiger partial charge in [-0.1, -0.05) is 53.8 Å². The fraction of sp³-hybridized carbons (Fsp3) is 0.192. The molecule has 2 heterocycles. The quantitative estimate of drug-likeness (QED) is 0.157. The van der Waals surface area contributed by atoms with Gasteiger partial charge in [0, 0.05) is 11.1 Å². The van der Waals surface area contributed by atoms with Crippen LogP contribution in [-0.2, 0) is 9.53 Å². The fourth-order valence-corrected chi connectivity index (χ4v) is 5.90. The number of nitro groups is 1. The van der Waals surface area contributed by atoms with Gasteiger partial charge in [-0.05, 0) is 59.1 Å². The van der Waals surface area contributed by atoms with Crippen molar-refractivity contribution in [2.24, 2.45) is 4.99 Å². The second-order valence-electron chi connectivity index (χ2n) is 8.03. The number of carbonyl (C=O) groups excluding carboxylic acids is 1. The maximum absolute atomic E-state index is 13.7. The van der Waals surface area contributed by atoms with E-state index < -0.39 is 22.5 Å². The first-order valence-corrected chi connectivity index (χ1v) is 13.3. The lowest BCUT2D eigenvalue weighted by molar-refractivity contribution is -0.385. The topological polar surface area (TPSA) is 113 Å². The van der Waals surface area contributed by atoms with Crippen LogP contribution in [0.25, 0.3) is 6.08 Å². The molecular weight excluding hydrogens is 598 g/mol. The monoisotopic (exact) mass is 617 g/mol. The van der Waals surface area contributed by atoms with Crippen LogP contribution < -0.4 is 19.6 Å². The molecule has 0 bridgehead atoms. The van der Waals surface area contributed by atoms with Crippen molar-refractivity contribution in [2.45, 2.75) is 19.9 Å². The van der Waals surface area contributed by atoms with E-state index in [0.29, 0.717) is 31.1 Å². The Morgan fingerprint density at radius 1 is 1.37 bits per heavy atom. The SMILES string of the molecule is C=CCOc1c(Br)cc(/C=c2\sc3n(c2=O)[C@@H](c2ccccc2Cl)C(C(=O)OCC)=C(C)N=3)cc1[N+](=O)[O-]. The number of nitrogens with zero attached hydrogens (tertiary/aromatic N) is 3. The van der Waals surface area contributed by atoms with Crippen molar-refractivity contribution in [3.8, 4) is 5.75 Å². The molecular formula is C26H21BrClN3O6S. The largest absolute Gasteiger partial charge is 0.482 e. The summed E-state index contributed by atoms with van der Waals surface area (Å²) >= 11 is 10.9. The highest BCUT2D eigenvalue weighted by Gasteiger charge is 2.34. The number of halogens is 2. The number of carbonyl (C=O) groups is 1. The number of nitro benzene ring substituents is 1. The molecule has 2 aromatic carbocycles. The van der Waals surface area contributed by atoms with Gasteiger partial charge in [0.2, 0.25) is 5.75 Å². The van der Waals surface area contributed by atoms with Crippen molar-refractivity contribution in [1.82, 2.24) is 4.57 Å². The first-order valence-electron chi connectivity index (χ1n) is 11.3. The van der Waals surface area contributed by atoms with Gasteiger partial charge in [-0.3, -0.25) is 19.5 Å². The Morgan fingerprint density at radius 2 is 2.11 bits per heavy atom. The third-order valence-corrected chi connectivity index (χ3v) is 7.52. The van der Waals surface area contributed by atoms with Gasteiger partial charge in [-0.15, -0.1) is 0 Å². The maximum atomic E-state index is 13.7. The Kier molecular flexibility index (Phi) is 8.29. The van der Waals surface area contributed by atoms with E-state index in [4.69, 9.17) is 21.1 Å². The first-order chi connectivity index (χ1) is 18.2. The lowest BCUT2D eigenvalue weighted by atomic mass is 9.96. The Bertz CT molecular complexity index is 1680. The van der Waals surface area contributed by atoms with Gasteiger partial charge in [0.25, 0.3) is 5.56 Å². The highest BCUT2D eigenvalue weighted by atomic mass is 79.9. The number of rotatable bonds is 8. The zero-order valence-corrected chi connectivity index (χ0v) is 23.4. The molecule has 1 atom stereocenters.